The second kappa shape index (κ2) is 6.71. The topological polar surface area (TPSA) is 37.3 Å². The minimum absolute atomic E-state index is 0.00458. The molecule has 23 heavy (non-hydrogen) atoms. The molecule has 1 aliphatic rings. The van der Waals surface area contributed by atoms with Crippen LogP contribution in [-0.2, 0) is 7.05 Å². The lowest BCUT2D eigenvalue weighted by Gasteiger charge is -2.26. The van der Waals surface area contributed by atoms with Gasteiger partial charge in [0.25, 0.3) is 0 Å². The summed E-state index contributed by atoms with van der Waals surface area (Å²) in [6.45, 7) is 2.86. The zero-order valence-electron chi connectivity index (χ0n) is 13.9. The lowest BCUT2D eigenvalue weighted by molar-refractivity contribution is 0.205. The highest BCUT2D eigenvalue weighted by Gasteiger charge is 2.31. The van der Waals surface area contributed by atoms with Crippen molar-refractivity contribution in [3.05, 3.63) is 47.8 Å². The van der Waals surface area contributed by atoms with E-state index in [1.807, 2.05) is 36.3 Å². The van der Waals surface area contributed by atoms with Gasteiger partial charge >= 0.3 is 6.03 Å². The Morgan fingerprint density at radius 3 is 2.83 bits per heavy atom. The van der Waals surface area contributed by atoms with Crippen LogP contribution in [0.15, 0.2) is 41.4 Å². The third kappa shape index (κ3) is 3.11. The van der Waals surface area contributed by atoms with E-state index in [9.17, 15) is 4.79 Å². The molecule has 1 fully saturated rings. The molecule has 1 N–H and O–H groups in total. The summed E-state index contributed by atoms with van der Waals surface area (Å²) in [6.07, 6.45) is 6.16. The third-order valence-electron chi connectivity index (χ3n) is 4.58. The lowest BCUT2D eigenvalue weighted by atomic mass is 10.1. The molecule has 4 nitrogen and oxygen atoms in total. The normalized spacial score (nSPS) is 17.5. The molecule has 122 valence electrons. The van der Waals surface area contributed by atoms with Gasteiger partial charge in [0.1, 0.15) is 0 Å². The molecule has 1 aliphatic heterocycles. The fourth-order valence-corrected chi connectivity index (χ4v) is 3.93. The zero-order chi connectivity index (χ0) is 16.4. The maximum absolute atomic E-state index is 12.8. The van der Waals surface area contributed by atoms with Crippen molar-refractivity contribution in [3.8, 4) is 0 Å². The van der Waals surface area contributed by atoms with Crippen LogP contribution in [0.4, 0.5) is 10.5 Å². The summed E-state index contributed by atoms with van der Waals surface area (Å²) < 4.78 is 2.11. The maximum Gasteiger partial charge on any atom is 0.322 e. The quantitative estimate of drug-likeness (QED) is 0.846. The summed E-state index contributed by atoms with van der Waals surface area (Å²) in [7, 11) is 2.04. The SMILES string of the molecule is CSc1cccc(NC(=O)N2CCC[C@H]2c2cccn2C)c1C. The molecule has 3 rings (SSSR count). The number of likely N-dealkylation sites (tertiary alicyclic amines) is 1. The minimum Gasteiger partial charge on any atom is -0.353 e. The van der Waals surface area contributed by atoms with Crippen LogP contribution >= 0.6 is 11.8 Å². The Bertz CT molecular complexity index is 710. The van der Waals surface area contributed by atoms with Gasteiger partial charge in [0.2, 0.25) is 0 Å². The second-order valence-corrected chi connectivity index (χ2v) is 6.81. The molecule has 0 unspecified atom stereocenters. The number of nitrogens with zero attached hydrogens (tertiary/aromatic N) is 2. The van der Waals surface area contributed by atoms with Crippen LogP contribution < -0.4 is 5.32 Å². The highest BCUT2D eigenvalue weighted by atomic mass is 32.2. The molecule has 0 radical (unpaired) electrons. The summed E-state index contributed by atoms with van der Waals surface area (Å²) in [4.78, 5) is 15.9. The summed E-state index contributed by atoms with van der Waals surface area (Å²) in [6, 6.07) is 10.4. The Morgan fingerprint density at radius 2 is 2.13 bits per heavy atom. The average molecular weight is 329 g/mol. The number of benzene rings is 1. The molecule has 1 atom stereocenters. The number of hydrogen-bond acceptors (Lipinski definition) is 2. The van der Waals surface area contributed by atoms with E-state index in [1.54, 1.807) is 11.8 Å². The number of rotatable bonds is 3. The number of carbonyl (C=O) groups excluding carboxylic acids is 1. The Hall–Kier alpha value is -1.88. The van der Waals surface area contributed by atoms with Crippen molar-refractivity contribution in [2.45, 2.75) is 30.7 Å². The molecule has 2 amide bonds. The summed E-state index contributed by atoms with van der Waals surface area (Å²) >= 11 is 1.70. The number of hydrogen-bond donors (Lipinski definition) is 1. The van der Waals surface area contributed by atoms with Crippen LogP contribution in [0.1, 0.15) is 30.1 Å². The fourth-order valence-electron chi connectivity index (χ4n) is 3.30. The zero-order valence-corrected chi connectivity index (χ0v) is 14.7. The predicted octanol–water partition coefficient (Wildman–Crippen LogP) is 4.42. The van der Waals surface area contributed by atoms with E-state index in [2.05, 4.69) is 35.2 Å². The smallest absolute Gasteiger partial charge is 0.322 e. The summed E-state index contributed by atoms with van der Waals surface area (Å²) in [5.74, 6) is 0. The number of anilines is 1. The summed E-state index contributed by atoms with van der Waals surface area (Å²) in [5, 5.41) is 3.10. The molecule has 0 saturated carbocycles. The van der Waals surface area contributed by atoms with Crippen LogP contribution in [0.2, 0.25) is 0 Å². The predicted molar refractivity (Wildman–Crippen MR) is 96.1 cm³/mol. The molecular formula is C18H23N3OS. The van der Waals surface area contributed by atoms with Crippen LogP contribution in [0.5, 0.6) is 0 Å². The number of amides is 2. The fraction of sp³-hybridized carbons (Fsp3) is 0.389. The Morgan fingerprint density at radius 1 is 1.30 bits per heavy atom. The molecular weight excluding hydrogens is 306 g/mol. The van der Waals surface area contributed by atoms with Gasteiger partial charge < -0.3 is 14.8 Å². The highest BCUT2D eigenvalue weighted by Crippen LogP contribution is 2.33. The Kier molecular flexibility index (Phi) is 4.66. The van der Waals surface area contributed by atoms with E-state index in [0.29, 0.717) is 0 Å². The van der Waals surface area contributed by atoms with Gasteiger partial charge in [-0.25, -0.2) is 4.79 Å². The van der Waals surface area contributed by atoms with Gasteiger partial charge in [0.15, 0.2) is 0 Å². The largest absolute Gasteiger partial charge is 0.353 e. The number of aromatic nitrogens is 1. The summed E-state index contributed by atoms with van der Waals surface area (Å²) in [5.41, 5.74) is 3.23. The van der Waals surface area contributed by atoms with E-state index in [4.69, 9.17) is 0 Å². The Balaban J connectivity index is 1.79. The van der Waals surface area contributed by atoms with Gasteiger partial charge in [-0.2, -0.15) is 0 Å². The third-order valence-corrected chi connectivity index (χ3v) is 5.47. The van der Waals surface area contributed by atoms with Crippen molar-refractivity contribution >= 4 is 23.5 Å². The van der Waals surface area contributed by atoms with Crippen molar-refractivity contribution in [2.75, 3.05) is 18.1 Å². The first-order chi connectivity index (χ1) is 11.1. The van der Waals surface area contributed by atoms with E-state index in [1.165, 1.54) is 10.6 Å². The van der Waals surface area contributed by atoms with Crippen LogP contribution in [0, 0.1) is 6.92 Å². The molecule has 1 aromatic carbocycles. The highest BCUT2D eigenvalue weighted by molar-refractivity contribution is 7.98. The monoisotopic (exact) mass is 329 g/mol. The van der Waals surface area contributed by atoms with Crippen molar-refractivity contribution in [2.24, 2.45) is 7.05 Å². The van der Waals surface area contributed by atoms with Crippen molar-refractivity contribution in [1.82, 2.24) is 9.47 Å². The van der Waals surface area contributed by atoms with Crippen molar-refractivity contribution in [3.63, 3.8) is 0 Å². The number of thioether (sulfide) groups is 1. The van der Waals surface area contributed by atoms with E-state index < -0.39 is 0 Å². The lowest BCUT2D eigenvalue weighted by Crippen LogP contribution is -2.35. The van der Waals surface area contributed by atoms with Gasteiger partial charge in [-0.05, 0) is 55.9 Å². The number of urea groups is 1. The first kappa shape index (κ1) is 16.0. The van der Waals surface area contributed by atoms with E-state index in [0.717, 1.165) is 30.6 Å². The van der Waals surface area contributed by atoms with Gasteiger partial charge in [-0.15, -0.1) is 11.8 Å². The average Bonchev–Trinajstić information content (AvgIpc) is 3.17. The first-order valence-corrected chi connectivity index (χ1v) is 9.16. The number of nitrogens with one attached hydrogen (secondary N) is 1. The number of carbonyl (C=O) groups is 1. The number of aryl methyl sites for hydroxylation is 1. The van der Waals surface area contributed by atoms with Gasteiger partial charge in [0.05, 0.1) is 6.04 Å². The van der Waals surface area contributed by atoms with Crippen LogP contribution in [-0.4, -0.2) is 28.3 Å². The molecule has 1 saturated heterocycles. The standard InChI is InChI=1S/C18H23N3OS/c1-13-14(7-4-10-17(13)23-3)19-18(22)21-12-6-9-16(21)15-8-5-11-20(15)2/h4-5,7-8,10-11,16H,6,9,12H2,1-3H3,(H,19,22)/t16-/m0/s1. The van der Waals surface area contributed by atoms with Gasteiger partial charge in [-0.3, -0.25) is 0 Å². The molecule has 0 aliphatic carbocycles. The molecule has 2 heterocycles. The maximum atomic E-state index is 12.8. The van der Waals surface area contributed by atoms with Crippen LogP contribution in [0.25, 0.3) is 0 Å². The van der Waals surface area contributed by atoms with Crippen molar-refractivity contribution < 1.29 is 4.79 Å². The molecule has 2 aromatic rings. The Labute approximate surface area is 141 Å². The van der Waals surface area contributed by atoms with E-state index >= 15 is 0 Å². The minimum atomic E-state index is -0.00458. The molecule has 0 spiro atoms. The van der Waals surface area contributed by atoms with Gasteiger partial charge in [-0.1, -0.05) is 6.07 Å². The molecule has 0 bridgehead atoms. The first-order valence-electron chi connectivity index (χ1n) is 7.94. The van der Waals surface area contributed by atoms with Crippen molar-refractivity contribution in [1.29, 1.82) is 0 Å². The molecule has 1 aromatic heterocycles. The van der Waals surface area contributed by atoms with Gasteiger partial charge in [0, 0.05) is 36.1 Å². The van der Waals surface area contributed by atoms with Crippen LogP contribution in [0.3, 0.4) is 0 Å². The second-order valence-electron chi connectivity index (χ2n) is 5.96. The van der Waals surface area contributed by atoms with E-state index in [-0.39, 0.29) is 12.1 Å². The molecule has 5 heteroatoms.